The predicted molar refractivity (Wildman–Crippen MR) is 61.3 cm³/mol. The maximum absolute atomic E-state index is 11.8. The van der Waals surface area contributed by atoms with Crippen molar-refractivity contribution in [2.45, 2.75) is 0 Å². The maximum Gasteiger partial charge on any atom is 0.258 e. The minimum Gasteiger partial charge on any atom is -0.410 e. The summed E-state index contributed by atoms with van der Waals surface area (Å²) in [6, 6.07) is 7.06. The highest BCUT2D eigenvalue weighted by molar-refractivity contribution is 6.03. The molecule has 2 aromatic rings. The molecule has 0 radical (unpaired) electrons. The van der Waals surface area contributed by atoms with Crippen LogP contribution in [0.4, 0.5) is 0 Å². The number of aromatic nitrogens is 2. The van der Waals surface area contributed by atoms with E-state index in [4.69, 9.17) is 5.21 Å². The van der Waals surface area contributed by atoms with E-state index in [1.54, 1.807) is 41.5 Å². The fraction of sp³-hybridized carbons (Fsp3) is 0. The number of carbonyl (C=O) groups is 1. The molecule has 0 aliphatic heterocycles. The summed E-state index contributed by atoms with van der Waals surface area (Å²) in [5.74, 6) is -0.355. The molecular weight excluding hydrogens is 220 g/mol. The molecule has 0 fully saturated rings. The van der Waals surface area contributed by atoms with E-state index in [1.807, 2.05) is 6.07 Å². The molecule has 86 valence electrons. The molecule has 0 saturated heterocycles. The summed E-state index contributed by atoms with van der Waals surface area (Å²) in [7, 11) is 0. The lowest BCUT2D eigenvalue weighted by Crippen LogP contribution is -2.22. The Labute approximate surface area is 97.2 Å². The number of imidazole rings is 1. The van der Waals surface area contributed by atoms with E-state index in [2.05, 4.69) is 15.5 Å². The molecule has 1 heterocycles. The molecule has 0 bridgehead atoms. The first-order valence-electron chi connectivity index (χ1n) is 4.87. The van der Waals surface area contributed by atoms with Crippen LogP contribution in [-0.4, -0.2) is 27.0 Å². The van der Waals surface area contributed by atoms with Gasteiger partial charge in [-0.3, -0.25) is 4.79 Å². The second-order valence-corrected chi connectivity index (χ2v) is 3.21. The van der Waals surface area contributed by atoms with E-state index in [0.717, 1.165) is 6.34 Å². The summed E-state index contributed by atoms with van der Waals surface area (Å²) in [5, 5.41) is 13.3. The van der Waals surface area contributed by atoms with Gasteiger partial charge in [-0.15, -0.1) is 0 Å². The van der Waals surface area contributed by atoms with Crippen molar-refractivity contribution in [3.8, 4) is 5.69 Å². The molecule has 0 unspecified atom stereocenters. The lowest BCUT2D eigenvalue weighted by molar-refractivity contribution is 0.0977. The molecule has 2 rings (SSSR count). The van der Waals surface area contributed by atoms with Gasteiger partial charge in [0, 0.05) is 12.4 Å². The third kappa shape index (κ3) is 2.31. The van der Waals surface area contributed by atoms with Crippen molar-refractivity contribution in [3.05, 3.63) is 48.5 Å². The quantitative estimate of drug-likeness (QED) is 0.357. The van der Waals surface area contributed by atoms with Gasteiger partial charge in [0.2, 0.25) is 0 Å². The minimum absolute atomic E-state index is 0.355. The zero-order valence-electron chi connectivity index (χ0n) is 8.82. The highest BCUT2D eigenvalue weighted by atomic mass is 16.4. The first-order chi connectivity index (χ1) is 8.33. The zero-order chi connectivity index (χ0) is 12.1. The third-order valence-electron chi connectivity index (χ3n) is 2.18. The van der Waals surface area contributed by atoms with Gasteiger partial charge in [-0.25, -0.2) is 4.98 Å². The van der Waals surface area contributed by atoms with Crippen LogP contribution in [0, 0.1) is 0 Å². The molecule has 1 aromatic carbocycles. The molecule has 2 N–H and O–H groups in total. The lowest BCUT2D eigenvalue weighted by atomic mass is 10.1. The molecular formula is C11H10N4O2. The molecule has 6 heteroatoms. The van der Waals surface area contributed by atoms with Crippen LogP contribution in [0.2, 0.25) is 0 Å². The molecule has 6 nitrogen and oxygen atoms in total. The Bertz CT molecular complexity index is 534. The Morgan fingerprint density at radius 3 is 3.00 bits per heavy atom. The van der Waals surface area contributed by atoms with Crippen molar-refractivity contribution in [2.24, 2.45) is 5.16 Å². The van der Waals surface area contributed by atoms with Crippen LogP contribution in [-0.2, 0) is 0 Å². The van der Waals surface area contributed by atoms with Crippen molar-refractivity contribution < 1.29 is 10.0 Å². The van der Waals surface area contributed by atoms with Crippen LogP contribution in [0.15, 0.2) is 48.1 Å². The van der Waals surface area contributed by atoms with Crippen molar-refractivity contribution in [1.82, 2.24) is 14.9 Å². The van der Waals surface area contributed by atoms with Crippen molar-refractivity contribution in [3.63, 3.8) is 0 Å². The number of oxime groups is 1. The summed E-state index contributed by atoms with van der Waals surface area (Å²) < 4.78 is 1.73. The Kier molecular flexibility index (Phi) is 3.15. The van der Waals surface area contributed by atoms with Crippen LogP contribution in [0.1, 0.15) is 10.4 Å². The number of hydrogen-bond acceptors (Lipinski definition) is 4. The number of nitrogens with zero attached hydrogens (tertiary/aromatic N) is 3. The third-order valence-corrected chi connectivity index (χ3v) is 2.18. The van der Waals surface area contributed by atoms with Gasteiger partial charge in [0.15, 0.2) is 0 Å². The summed E-state index contributed by atoms with van der Waals surface area (Å²) >= 11 is 0. The molecule has 17 heavy (non-hydrogen) atoms. The van der Waals surface area contributed by atoms with Crippen LogP contribution in [0.3, 0.4) is 0 Å². The molecule has 1 aromatic heterocycles. The van der Waals surface area contributed by atoms with Gasteiger partial charge in [0.1, 0.15) is 6.34 Å². The van der Waals surface area contributed by atoms with Crippen LogP contribution < -0.4 is 5.32 Å². The zero-order valence-corrected chi connectivity index (χ0v) is 8.82. The normalized spacial score (nSPS) is 10.6. The minimum atomic E-state index is -0.355. The lowest BCUT2D eigenvalue weighted by Gasteiger charge is -2.08. The first kappa shape index (κ1) is 10.9. The molecule has 0 aliphatic carbocycles. The fourth-order valence-corrected chi connectivity index (χ4v) is 1.46. The highest BCUT2D eigenvalue weighted by Crippen LogP contribution is 2.13. The number of nitrogens with one attached hydrogen (secondary N) is 1. The monoisotopic (exact) mass is 230 g/mol. The van der Waals surface area contributed by atoms with Crippen molar-refractivity contribution >= 4 is 12.2 Å². The second kappa shape index (κ2) is 4.93. The smallest absolute Gasteiger partial charge is 0.258 e. The van der Waals surface area contributed by atoms with E-state index < -0.39 is 0 Å². The largest absolute Gasteiger partial charge is 0.410 e. The van der Waals surface area contributed by atoms with Gasteiger partial charge in [-0.2, -0.15) is 0 Å². The average Bonchev–Trinajstić information content (AvgIpc) is 2.89. The van der Waals surface area contributed by atoms with Gasteiger partial charge in [0.05, 0.1) is 17.6 Å². The molecule has 1 amide bonds. The van der Waals surface area contributed by atoms with Crippen molar-refractivity contribution in [1.29, 1.82) is 0 Å². The Balaban J connectivity index is 2.38. The summed E-state index contributed by atoms with van der Waals surface area (Å²) in [5.41, 5.74) is 1.17. The maximum atomic E-state index is 11.8. The van der Waals surface area contributed by atoms with E-state index in [9.17, 15) is 4.79 Å². The molecule has 0 spiro atoms. The molecule has 0 atom stereocenters. The van der Waals surface area contributed by atoms with Gasteiger partial charge >= 0.3 is 0 Å². The van der Waals surface area contributed by atoms with Crippen LogP contribution in [0.25, 0.3) is 5.69 Å². The topological polar surface area (TPSA) is 79.5 Å². The number of hydrogen-bond donors (Lipinski definition) is 2. The average molecular weight is 230 g/mol. The molecule has 0 saturated carbocycles. The van der Waals surface area contributed by atoms with E-state index in [0.29, 0.717) is 11.3 Å². The van der Waals surface area contributed by atoms with Gasteiger partial charge < -0.3 is 15.1 Å². The van der Waals surface area contributed by atoms with E-state index in [1.165, 1.54) is 0 Å². The van der Waals surface area contributed by atoms with Gasteiger partial charge in [-0.1, -0.05) is 17.3 Å². The summed E-state index contributed by atoms with van der Waals surface area (Å²) in [4.78, 5) is 15.7. The number of amides is 1. The number of para-hydroxylation sites is 1. The van der Waals surface area contributed by atoms with Crippen molar-refractivity contribution in [2.75, 3.05) is 0 Å². The van der Waals surface area contributed by atoms with E-state index >= 15 is 0 Å². The number of carbonyl (C=O) groups excluding carboxylic acids is 1. The summed E-state index contributed by atoms with van der Waals surface area (Å²) in [6.07, 6.45) is 5.90. The van der Waals surface area contributed by atoms with Gasteiger partial charge in [0.25, 0.3) is 5.91 Å². The fourth-order valence-electron chi connectivity index (χ4n) is 1.46. The number of benzene rings is 1. The Morgan fingerprint density at radius 1 is 1.47 bits per heavy atom. The standard InChI is InChI=1S/C11H10N4O2/c16-11(13-7-14-17)9-3-1-2-4-10(9)15-6-5-12-8-15/h1-8,17H,(H,13,14,16). The SMILES string of the molecule is O=C(NC=NO)c1ccccc1-n1ccnc1. The van der Waals surface area contributed by atoms with Gasteiger partial charge in [-0.05, 0) is 12.1 Å². The Hall–Kier alpha value is -2.63. The Morgan fingerprint density at radius 2 is 2.29 bits per heavy atom. The van der Waals surface area contributed by atoms with Crippen LogP contribution in [0.5, 0.6) is 0 Å². The number of rotatable bonds is 3. The molecule has 0 aliphatic rings. The first-order valence-corrected chi connectivity index (χ1v) is 4.87. The summed E-state index contributed by atoms with van der Waals surface area (Å²) in [6.45, 7) is 0. The second-order valence-electron chi connectivity index (χ2n) is 3.21. The van der Waals surface area contributed by atoms with Crippen LogP contribution >= 0.6 is 0 Å². The highest BCUT2D eigenvalue weighted by Gasteiger charge is 2.10. The predicted octanol–water partition coefficient (Wildman–Crippen LogP) is 1.02. The van der Waals surface area contributed by atoms with E-state index in [-0.39, 0.29) is 5.91 Å².